The maximum absolute atomic E-state index is 12.1. The molecule has 1 saturated heterocycles. The first-order valence-corrected chi connectivity index (χ1v) is 5.99. The van der Waals surface area contributed by atoms with Crippen LogP contribution in [0.2, 0.25) is 0 Å². The van der Waals surface area contributed by atoms with Gasteiger partial charge in [0.25, 0.3) is 5.91 Å². The van der Waals surface area contributed by atoms with Crippen molar-refractivity contribution in [3.8, 4) is 0 Å². The number of amides is 1. The van der Waals surface area contributed by atoms with E-state index in [4.69, 9.17) is 4.74 Å². The van der Waals surface area contributed by atoms with Gasteiger partial charge in [-0.25, -0.2) is 9.97 Å². The van der Waals surface area contributed by atoms with Crippen LogP contribution in [0, 0.1) is 0 Å². The van der Waals surface area contributed by atoms with Crippen LogP contribution in [0.25, 0.3) is 0 Å². The zero-order valence-corrected chi connectivity index (χ0v) is 10.6. The van der Waals surface area contributed by atoms with Crippen molar-refractivity contribution in [1.29, 1.82) is 0 Å². The van der Waals surface area contributed by atoms with Crippen molar-refractivity contribution in [2.75, 3.05) is 26.4 Å². The Labute approximate surface area is 107 Å². The van der Waals surface area contributed by atoms with Gasteiger partial charge in [0.15, 0.2) is 0 Å². The molecular formula is C10H12BrN3O3. The van der Waals surface area contributed by atoms with Crippen molar-refractivity contribution < 1.29 is 14.6 Å². The summed E-state index contributed by atoms with van der Waals surface area (Å²) in [5, 5.41) is 9.18. The highest BCUT2D eigenvalue weighted by atomic mass is 79.9. The lowest BCUT2D eigenvalue weighted by molar-refractivity contribution is -0.0186. The predicted octanol–water partition coefficient (Wildman–Crippen LogP) is 0.0724. The van der Waals surface area contributed by atoms with Gasteiger partial charge >= 0.3 is 0 Å². The zero-order chi connectivity index (χ0) is 12.3. The van der Waals surface area contributed by atoms with E-state index >= 15 is 0 Å². The lowest BCUT2D eigenvalue weighted by Crippen LogP contribution is -2.50. The first-order valence-electron chi connectivity index (χ1n) is 5.19. The van der Waals surface area contributed by atoms with E-state index in [2.05, 4.69) is 25.9 Å². The molecule has 0 aliphatic carbocycles. The van der Waals surface area contributed by atoms with Crippen molar-refractivity contribution in [1.82, 2.24) is 14.9 Å². The summed E-state index contributed by atoms with van der Waals surface area (Å²) in [7, 11) is 0. The number of ether oxygens (including phenoxy) is 1. The quantitative estimate of drug-likeness (QED) is 0.837. The van der Waals surface area contributed by atoms with Crippen LogP contribution in [-0.4, -0.2) is 58.3 Å². The lowest BCUT2D eigenvalue weighted by atomic mass is 10.2. The van der Waals surface area contributed by atoms with Gasteiger partial charge in [-0.15, -0.1) is 0 Å². The van der Waals surface area contributed by atoms with Crippen LogP contribution >= 0.6 is 15.9 Å². The van der Waals surface area contributed by atoms with Crippen molar-refractivity contribution >= 4 is 21.8 Å². The number of hydrogen-bond acceptors (Lipinski definition) is 5. The number of aliphatic hydroxyl groups excluding tert-OH is 1. The maximum atomic E-state index is 12.1. The number of morpholine rings is 1. The van der Waals surface area contributed by atoms with Gasteiger partial charge in [-0.2, -0.15) is 0 Å². The molecule has 0 saturated carbocycles. The molecule has 1 unspecified atom stereocenters. The molecule has 0 radical (unpaired) electrons. The molecule has 17 heavy (non-hydrogen) atoms. The van der Waals surface area contributed by atoms with Crippen LogP contribution in [0.4, 0.5) is 0 Å². The Morgan fingerprint density at radius 3 is 3.06 bits per heavy atom. The molecule has 1 atom stereocenters. The Balaban J connectivity index is 2.15. The Kier molecular flexibility index (Phi) is 4.03. The Morgan fingerprint density at radius 1 is 1.59 bits per heavy atom. The summed E-state index contributed by atoms with van der Waals surface area (Å²) in [5.41, 5.74) is 0.272. The van der Waals surface area contributed by atoms with Gasteiger partial charge in [-0.3, -0.25) is 4.79 Å². The monoisotopic (exact) mass is 301 g/mol. The molecule has 1 fully saturated rings. The average molecular weight is 302 g/mol. The molecule has 92 valence electrons. The third-order valence-electron chi connectivity index (χ3n) is 2.54. The van der Waals surface area contributed by atoms with Gasteiger partial charge in [0, 0.05) is 6.54 Å². The fraction of sp³-hybridized carbons (Fsp3) is 0.500. The lowest BCUT2D eigenvalue weighted by Gasteiger charge is -2.34. The molecule has 7 heteroatoms. The Hall–Kier alpha value is -1.05. The fourth-order valence-corrected chi connectivity index (χ4v) is 1.85. The molecule has 1 aliphatic heterocycles. The number of halogens is 1. The minimum absolute atomic E-state index is 0.115. The summed E-state index contributed by atoms with van der Waals surface area (Å²) < 4.78 is 5.79. The van der Waals surface area contributed by atoms with Gasteiger partial charge < -0.3 is 14.7 Å². The molecule has 6 nitrogen and oxygen atoms in total. The molecular weight excluding hydrogens is 290 g/mol. The number of aromatic nitrogens is 2. The summed E-state index contributed by atoms with van der Waals surface area (Å²) >= 11 is 3.16. The molecule has 1 aromatic heterocycles. The van der Waals surface area contributed by atoms with E-state index < -0.39 is 0 Å². The SMILES string of the molecule is O=C(c1cnc(Br)cn1)N1CCOCC1CO. The second-order valence-electron chi connectivity index (χ2n) is 3.63. The second kappa shape index (κ2) is 5.52. The van der Waals surface area contributed by atoms with E-state index in [1.807, 2.05) is 0 Å². The third-order valence-corrected chi connectivity index (χ3v) is 2.95. The highest BCUT2D eigenvalue weighted by Crippen LogP contribution is 2.11. The maximum Gasteiger partial charge on any atom is 0.274 e. The van der Waals surface area contributed by atoms with Crippen LogP contribution in [0.1, 0.15) is 10.5 Å². The van der Waals surface area contributed by atoms with Crippen molar-refractivity contribution in [3.05, 3.63) is 22.7 Å². The summed E-state index contributed by atoms with van der Waals surface area (Å²) in [5.74, 6) is -0.229. The van der Waals surface area contributed by atoms with E-state index in [-0.39, 0.29) is 24.2 Å². The Morgan fingerprint density at radius 2 is 2.41 bits per heavy atom. The molecule has 1 N–H and O–H groups in total. The van der Waals surface area contributed by atoms with Gasteiger partial charge in [0.05, 0.1) is 38.3 Å². The molecule has 0 aromatic carbocycles. The second-order valence-corrected chi connectivity index (χ2v) is 4.45. The number of nitrogens with zero attached hydrogens (tertiary/aromatic N) is 3. The van der Waals surface area contributed by atoms with Crippen LogP contribution in [0.3, 0.4) is 0 Å². The van der Waals surface area contributed by atoms with E-state index in [0.717, 1.165) is 0 Å². The molecule has 2 rings (SSSR count). The highest BCUT2D eigenvalue weighted by molar-refractivity contribution is 9.10. The van der Waals surface area contributed by atoms with Crippen LogP contribution in [0.5, 0.6) is 0 Å². The standard InChI is InChI=1S/C10H12BrN3O3/c11-9-4-12-8(3-13-9)10(16)14-1-2-17-6-7(14)5-15/h3-4,7,15H,1-2,5-6H2. The molecule has 1 amide bonds. The van der Waals surface area contributed by atoms with Gasteiger partial charge in [0.2, 0.25) is 0 Å². The van der Waals surface area contributed by atoms with Crippen molar-refractivity contribution in [2.24, 2.45) is 0 Å². The minimum atomic E-state index is -0.304. The first-order chi connectivity index (χ1) is 8.22. The summed E-state index contributed by atoms with van der Waals surface area (Å²) in [6.45, 7) is 1.18. The van der Waals surface area contributed by atoms with Crippen LogP contribution < -0.4 is 0 Å². The Bertz CT molecular complexity index is 398. The minimum Gasteiger partial charge on any atom is -0.394 e. The predicted molar refractivity (Wildman–Crippen MR) is 62.5 cm³/mol. The molecule has 0 spiro atoms. The summed E-state index contributed by atoms with van der Waals surface area (Å²) in [4.78, 5) is 21.7. The normalized spacial score (nSPS) is 20.4. The van der Waals surface area contributed by atoms with Crippen molar-refractivity contribution in [2.45, 2.75) is 6.04 Å². The average Bonchev–Trinajstić information content (AvgIpc) is 2.39. The van der Waals surface area contributed by atoms with Crippen molar-refractivity contribution in [3.63, 3.8) is 0 Å². The number of carbonyl (C=O) groups excluding carboxylic acids is 1. The largest absolute Gasteiger partial charge is 0.394 e. The third kappa shape index (κ3) is 2.80. The zero-order valence-electron chi connectivity index (χ0n) is 9.04. The molecule has 1 aliphatic rings. The van der Waals surface area contributed by atoms with Gasteiger partial charge in [0.1, 0.15) is 10.3 Å². The van der Waals surface area contributed by atoms with Crippen LogP contribution in [0.15, 0.2) is 17.0 Å². The van der Waals surface area contributed by atoms with E-state index in [0.29, 0.717) is 24.4 Å². The topological polar surface area (TPSA) is 75.6 Å². The first kappa shape index (κ1) is 12.4. The summed E-state index contributed by atoms with van der Waals surface area (Å²) in [6.07, 6.45) is 2.89. The highest BCUT2D eigenvalue weighted by Gasteiger charge is 2.28. The van der Waals surface area contributed by atoms with E-state index in [9.17, 15) is 9.90 Å². The van der Waals surface area contributed by atoms with E-state index in [1.54, 1.807) is 4.90 Å². The molecule has 2 heterocycles. The fourth-order valence-electron chi connectivity index (χ4n) is 1.64. The van der Waals surface area contributed by atoms with Gasteiger partial charge in [-0.1, -0.05) is 0 Å². The van der Waals surface area contributed by atoms with Gasteiger partial charge in [-0.05, 0) is 15.9 Å². The smallest absolute Gasteiger partial charge is 0.274 e. The summed E-state index contributed by atoms with van der Waals surface area (Å²) in [6, 6.07) is -0.304. The number of rotatable bonds is 2. The number of aliphatic hydroxyl groups is 1. The van der Waals surface area contributed by atoms with Crippen LogP contribution in [-0.2, 0) is 4.74 Å². The number of carbonyl (C=O) groups is 1. The van der Waals surface area contributed by atoms with E-state index in [1.165, 1.54) is 12.4 Å². The number of hydrogen-bond donors (Lipinski definition) is 1. The molecule has 0 bridgehead atoms. The molecule has 1 aromatic rings.